The first-order chi connectivity index (χ1) is 5.31. The summed E-state index contributed by atoms with van der Waals surface area (Å²) in [6.45, 7) is 0. The fourth-order valence-corrected chi connectivity index (χ4v) is 2.20. The summed E-state index contributed by atoms with van der Waals surface area (Å²) >= 11 is 0. The van der Waals surface area contributed by atoms with Crippen LogP contribution in [0.4, 0.5) is 0 Å². The average molecular weight is 152 g/mol. The van der Waals surface area contributed by atoms with Crippen LogP contribution in [0.5, 0.6) is 0 Å². The predicted octanol–water partition coefficient (Wildman–Crippen LogP) is 1.37. The van der Waals surface area contributed by atoms with Crippen molar-refractivity contribution in [3.8, 4) is 0 Å². The van der Waals surface area contributed by atoms with Gasteiger partial charge in [-0.05, 0) is 24.7 Å². The molecule has 2 heteroatoms. The highest BCUT2D eigenvalue weighted by molar-refractivity contribution is 5.73. The second-order valence-corrected chi connectivity index (χ2v) is 3.41. The van der Waals surface area contributed by atoms with Crippen molar-refractivity contribution in [2.24, 2.45) is 17.8 Å². The van der Waals surface area contributed by atoms with Gasteiger partial charge in [0.2, 0.25) is 0 Å². The van der Waals surface area contributed by atoms with Gasteiger partial charge in [-0.25, -0.2) is 0 Å². The molecule has 0 amide bonds. The Bertz CT molecular complexity index is 208. The second-order valence-electron chi connectivity index (χ2n) is 3.41. The van der Waals surface area contributed by atoms with Gasteiger partial charge in [0.25, 0.3) is 0 Å². The zero-order valence-electron chi connectivity index (χ0n) is 6.62. The summed E-state index contributed by atoms with van der Waals surface area (Å²) in [6.07, 6.45) is 6.56. The van der Waals surface area contributed by atoms with Crippen LogP contribution in [-0.4, -0.2) is 13.1 Å². The minimum absolute atomic E-state index is 0.0261. The Hall–Kier alpha value is -0.790. The molecule has 11 heavy (non-hydrogen) atoms. The van der Waals surface area contributed by atoms with Crippen LogP contribution in [0.1, 0.15) is 12.8 Å². The van der Waals surface area contributed by atoms with Crippen molar-refractivity contribution in [1.29, 1.82) is 0 Å². The molecule has 2 bridgehead atoms. The molecule has 1 saturated carbocycles. The van der Waals surface area contributed by atoms with E-state index in [1.807, 2.05) is 0 Å². The molecule has 0 saturated heterocycles. The summed E-state index contributed by atoms with van der Waals surface area (Å²) in [7, 11) is 1.47. The van der Waals surface area contributed by atoms with Crippen molar-refractivity contribution in [2.45, 2.75) is 12.8 Å². The molecule has 2 aliphatic rings. The van der Waals surface area contributed by atoms with Crippen molar-refractivity contribution in [3.05, 3.63) is 12.2 Å². The van der Waals surface area contributed by atoms with E-state index in [1.165, 1.54) is 13.5 Å². The molecule has 0 radical (unpaired) electrons. The van der Waals surface area contributed by atoms with Crippen molar-refractivity contribution < 1.29 is 9.53 Å². The molecule has 60 valence electrons. The van der Waals surface area contributed by atoms with Crippen molar-refractivity contribution in [2.75, 3.05) is 7.11 Å². The summed E-state index contributed by atoms with van der Waals surface area (Å²) in [4.78, 5) is 11.1. The van der Waals surface area contributed by atoms with Crippen LogP contribution in [0.25, 0.3) is 0 Å². The zero-order chi connectivity index (χ0) is 7.84. The summed E-state index contributed by atoms with van der Waals surface area (Å²) in [6, 6.07) is 0. The molecule has 0 aromatic carbocycles. The van der Waals surface area contributed by atoms with Gasteiger partial charge in [-0.2, -0.15) is 0 Å². The molecule has 0 aliphatic heterocycles. The fraction of sp³-hybridized carbons (Fsp3) is 0.667. The lowest BCUT2D eigenvalue weighted by molar-refractivity contribution is -0.146. The Labute approximate surface area is 66.2 Å². The van der Waals surface area contributed by atoms with Crippen LogP contribution in [0.2, 0.25) is 0 Å². The summed E-state index contributed by atoms with van der Waals surface area (Å²) in [5.74, 6) is 1.27. The molecule has 2 unspecified atom stereocenters. The highest BCUT2D eigenvalue weighted by Gasteiger charge is 2.40. The van der Waals surface area contributed by atoms with Gasteiger partial charge in [-0.15, -0.1) is 0 Å². The minimum atomic E-state index is -0.0261. The Morgan fingerprint density at radius 2 is 2.27 bits per heavy atom. The van der Waals surface area contributed by atoms with E-state index in [1.54, 1.807) is 0 Å². The van der Waals surface area contributed by atoms with Gasteiger partial charge in [0.15, 0.2) is 0 Å². The number of carbonyl (C=O) groups is 1. The Morgan fingerprint density at radius 3 is 2.73 bits per heavy atom. The maximum absolute atomic E-state index is 11.1. The molecular formula is C9H12O2. The van der Waals surface area contributed by atoms with E-state index in [0.29, 0.717) is 11.8 Å². The number of fused-ring (bicyclic) bond motifs is 2. The Morgan fingerprint density at radius 1 is 1.45 bits per heavy atom. The van der Waals surface area contributed by atoms with Crippen LogP contribution in [-0.2, 0) is 9.53 Å². The van der Waals surface area contributed by atoms with Crippen molar-refractivity contribution in [1.82, 2.24) is 0 Å². The number of allylic oxidation sites excluding steroid dienone is 2. The lowest BCUT2D eigenvalue weighted by Gasteiger charge is -2.14. The number of methoxy groups -OCH3 is 1. The number of rotatable bonds is 1. The Kier molecular flexibility index (Phi) is 1.48. The largest absolute Gasteiger partial charge is 0.469 e. The van der Waals surface area contributed by atoms with Gasteiger partial charge in [0.05, 0.1) is 13.0 Å². The summed E-state index contributed by atoms with van der Waals surface area (Å²) in [5, 5.41) is 0. The van der Waals surface area contributed by atoms with Crippen molar-refractivity contribution >= 4 is 5.97 Å². The molecule has 0 aromatic rings. The highest BCUT2D eigenvalue weighted by Crippen LogP contribution is 2.43. The number of hydrogen-bond acceptors (Lipinski definition) is 2. The van der Waals surface area contributed by atoms with Gasteiger partial charge in [0.1, 0.15) is 0 Å². The predicted molar refractivity (Wildman–Crippen MR) is 40.9 cm³/mol. The third-order valence-corrected chi connectivity index (χ3v) is 2.78. The monoisotopic (exact) mass is 152 g/mol. The van der Waals surface area contributed by atoms with Crippen molar-refractivity contribution in [3.63, 3.8) is 0 Å². The van der Waals surface area contributed by atoms with E-state index in [-0.39, 0.29) is 11.9 Å². The van der Waals surface area contributed by atoms with Crippen LogP contribution >= 0.6 is 0 Å². The van der Waals surface area contributed by atoms with Crippen LogP contribution < -0.4 is 0 Å². The fourth-order valence-electron chi connectivity index (χ4n) is 2.20. The van der Waals surface area contributed by atoms with Crippen LogP contribution in [0, 0.1) is 17.8 Å². The number of hydrogen-bond donors (Lipinski definition) is 0. The first-order valence-electron chi connectivity index (χ1n) is 4.07. The van der Waals surface area contributed by atoms with E-state index >= 15 is 0 Å². The smallest absolute Gasteiger partial charge is 0.309 e. The standard InChI is InChI=1S/C9H12O2/c1-11-9(10)8-5-6-2-3-7(8)4-6/h2-3,6-8H,4-5H2,1H3/t6-,7?,8?/m0/s1. The summed E-state index contributed by atoms with van der Waals surface area (Å²) < 4.78 is 4.71. The lowest BCUT2D eigenvalue weighted by Crippen LogP contribution is -2.19. The van der Waals surface area contributed by atoms with E-state index in [2.05, 4.69) is 12.2 Å². The first-order valence-corrected chi connectivity index (χ1v) is 4.07. The third-order valence-electron chi connectivity index (χ3n) is 2.78. The minimum Gasteiger partial charge on any atom is -0.469 e. The lowest BCUT2D eigenvalue weighted by atomic mass is 9.94. The van der Waals surface area contributed by atoms with Gasteiger partial charge < -0.3 is 4.74 Å². The molecule has 1 fully saturated rings. The van der Waals surface area contributed by atoms with Gasteiger partial charge in [-0.1, -0.05) is 12.2 Å². The van der Waals surface area contributed by atoms with Gasteiger partial charge in [-0.3, -0.25) is 4.79 Å². The second kappa shape index (κ2) is 2.36. The normalized spacial score (nSPS) is 39.5. The van der Waals surface area contributed by atoms with Crippen LogP contribution in [0.3, 0.4) is 0 Å². The third kappa shape index (κ3) is 0.971. The van der Waals surface area contributed by atoms with Crippen LogP contribution in [0.15, 0.2) is 12.2 Å². The topological polar surface area (TPSA) is 26.3 Å². The summed E-state index contributed by atoms with van der Waals surface area (Å²) in [5.41, 5.74) is 0. The molecule has 2 nitrogen and oxygen atoms in total. The number of carbonyl (C=O) groups excluding carboxylic acids is 1. The molecular weight excluding hydrogens is 140 g/mol. The molecule has 2 aliphatic carbocycles. The first kappa shape index (κ1) is 6.89. The SMILES string of the molecule is COC(=O)C1C[C@H]2C=CC1C2. The molecule has 3 atom stereocenters. The average Bonchev–Trinajstić information content (AvgIpc) is 2.62. The van der Waals surface area contributed by atoms with Gasteiger partial charge >= 0.3 is 5.97 Å². The highest BCUT2D eigenvalue weighted by atomic mass is 16.5. The van der Waals surface area contributed by atoms with E-state index < -0.39 is 0 Å². The number of esters is 1. The van der Waals surface area contributed by atoms with E-state index in [0.717, 1.165) is 6.42 Å². The maximum Gasteiger partial charge on any atom is 0.309 e. The maximum atomic E-state index is 11.1. The van der Waals surface area contributed by atoms with E-state index in [9.17, 15) is 4.79 Å². The van der Waals surface area contributed by atoms with E-state index in [4.69, 9.17) is 4.74 Å². The van der Waals surface area contributed by atoms with Gasteiger partial charge in [0, 0.05) is 0 Å². The molecule has 0 aromatic heterocycles. The molecule has 2 rings (SSSR count). The molecule has 0 N–H and O–H groups in total. The zero-order valence-corrected chi connectivity index (χ0v) is 6.62. The molecule has 0 heterocycles. The Balaban J connectivity index is 2.08. The number of ether oxygens (including phenoxy) is 1. The molecule has 0 spiro atoms. The quantitative estimate of drug-likeness (QED) is 0.419.